The van der Waals surface area contributed by atoms with Gasteiger partial charge in [-0.2, -0.15) is 13.2 Å². The van der Waals surface area contributed by atoms with E-state index in [1.807, 2.05) is 24.3 Å². The summed E-state index contributed by atoms with van der Waals surface area (Å²) < 4.78 is 39.4. The molecule has 3 aromatic rings. The molecule has 0 atom stereocenters. The number of carbonyl (C=O) groups excluding carboxylic acids is 1. The summed E-state index contributed by atoms with van der Waals surface area (Å²) in [5.74, 6) is -0.634. The highest BCUT2D eigenvalue weighted by atomic mass is 19.4. The number of hydrogen-bond donors (Lipinski definition) is 2. The lowest BCUT2D eigenvalue weighted by molar-refractivity contribution is -0.137. The van der Waals surface area contributed by atoms with Crippen molar-refractivity contribution in [3.05, 3.63) is 100 Å². The minimum atomic E-state index is -4.42. The number of fused-ring (bicyclic) bond motifs is 2. The second kappa shape index (κ2) is 7.18. The number of aliphatic imine (C=N–C) groups is 1. The highest BCUT2D eigenvalue weighted by molar-refractivity contribution is 6.15. The van der Waals surface area contributed by atoms with Crippen LogP contribution in [-0.2, 0) is 12.6 Å². The van der Waals surface area contributed by atoms with Gasteiger partial charge in [0, 0.05) is 23.1 Å². The molecule has 0 saturated carbocycles. The topological polar surface area (TPSA) is 61.7 Å². The van der Waals surface area contributed by atoms with Gasteiger partial charge in [0.2, 0.25) is 0 Å². The normalized spacial score (nSPS) is 13.0. The number of hydroxylamine groups is 1. The third kappa shape index (κ3) is 3.64. The van der Waals surface area contributed by atoms with Crippen molar-refractivity contribution in [3.8, 4) is 0 Å². The molecule has 0 radical (unpaired) electrons. The first-order valence-corrected chi connectivity index (χ1v) is 8.79. The Bertz CT molecular complexity index is 1120. The maximum absolute atomic E-state index is 13.1. The van der Waals surface area contributed by atoms with E-state index in [9.17, 15) is 18.0 Å². The number of benzene rings is 3. The predicted molar refractivity (Wildman–Crippen MR) is 102 cm³/mol. The van der Waals surface area contributed by atoms with E-state index in [1.54, 1.807) is 29.7 Å². The van der Waals surface area contributed by atoms with Crippen LogP contribution in [0.1, 0.15) is 38.2 Å². The molecule has 0 aliphatic carbocycles. The molecule has 0 spiro atoms. The second-order valence-corrected chi connectivity index (χ2v) is 6.65. The van der Waals surface area contributed by atoms with Gasteiger partial charge in [0.05, 0.1) is 17.0 Å². The van der Waals surface area contributed by atoms with Crippen molar-refractivity contribution in [2.75, 3.05) is 0 Å². The predicted octanol–water partition coefficient (Wildman–Crippen LogP) is 4.90. The average Bonchev–Trinajstić information content (AvgIpc) is 2.88. The number of nitrogens with one attached hydrogen (secondary N) is 1. The number of hydrogen-bond acceptors (Lipinski definition) is 3. The van der Waals surface area contributed by atoms with Gasteiger partial charge in [0.25, 0.3) is 5.91 Å². The number of amides is 1. The zero-order valence-electron chi connectivity index (χ0n) is 15.0. The summed E-state index contributed by atoms with van der Waals surface area (Å²) in [5.41, 5.74) is 5.11. The van der Waals surface area contributed by atoms with Gasteiger partial charge in [-0.15, -0.1) is 0 Å². The Hall–Kier alpha value is -3.45. The van der Waals surface area contributed by atoms with E-state index in [4.69, 9.17) is 5.21 Å². The summed E-state index contributed by atoms with van der Waals surface area (Å²) >= 11 is 0. The van der Waals surface area contributed by atoms with Gasteiger partial charge in [0.15, 0.2) is 0 Å². The van der Waals surface area contributed by atoms with Gasteiger partial charge >= 0.3 is 6.18 Å². The van der Waals surface area contributed by atoms with Crippen molar-refractivity contribution in [1.29, 1.82) is 0 Å². The number of rotatable bonds is 2. The molecule has 0 aromatic heterocycles. The Morgan fingerprint density at radius 2 is 1.69 bits per heavy atom. The summed E-state index contributed by atoms with van der Waals surface area (Å²) in [7, 11) is 0. The van der Waals surface area contributed by atoms with Crippen molar-refractivity contribution in [2.45, 2.75) is 12.6 Å². The highest BCUT2D eigenvalue weighted by Crippen LogP contribution is 2.36. The molecule has 146 valence electrons. The first-order valence-electron chi connectivity index (χ1n) is 8.79. The smallest absolute Gasteiger partial charge is 0.288 e. The van der Waals surface area contributed by atoms with E-state index in [2.05, 4.69) is 4.99 Å². The fraction of sp³-hybridized carbons (Fsp3) is 0.0909. The van der Waals surface area contributed by atoms with E-state index in [1.165, 1.54) is 6.07 Å². The molecule has 0 bridgehead atoms. The van der Waals surface area contributed by atoms with Gasteiger partial charge in [-0.25, -0.2) is 10.5 Å². The van der Waals surface area contributed by atoms with Crippen LogP contribution in [0.5, 0.6) is 0 Å². The fourth-order valence-electron chi connectivity index (χ4n) is 3.37. The first kappa shape index (κ1) is 18.9. The van der Waals surface area contributed by atoms with Crippen LogP contribution < -0.4 is 5.48 Å². The van der Waals surface area contributed by atoms with Gasteiger partial charge in [-0.3, -0.25) is 10.0 Å². The van der Waals surface area contributed by atoms with Crippen molar-refractivity contribution in [3.63, 3.8) is 0 Å². The molecule has 0 fully saturated rings. The molecule has 2 N–H and O–H groups in total. The molecule has 29 heavy (non-hydrogen) atoms. The molecule has 0 unspecified atom stereocenters. The number of nitrogens with zero attached hydrogens (tertiary/aromatic N) is 1. The molecular formula is C22H15F3N2O2. The number of carbonyl (C=O) groups is 1. The lowest BCUT2D eigenvalue weighted by Crippen LogP contribution is -2.18. The summed E-state index contributed by atoms with van der Waals surface area (Å²) in [6.45, 7) is 0. The molecule has 4 nitrogen and oxygen atoms in total. The minimum Gasteiger partial charge on any atom is -0.288 e. The quantitative estimate of drug-likeness (QED) is 0.374. The Balaban J connectivity index is 1.86. The van der Waals surface area contributed by atoms with Crippen LogP contribution in [-0.4, -0.2) is 16.8 Å². The second-order valence-electron chi connectivity index (χ2n) is 6.65. The minimum absolute atomic E-state index is 0.272. The molecule has 1 heterocycles. The number of halogens is 3. The third-order valence-electron chi connectivity index (χ3n) is 4.81. The molecular weight excluding hydrogens is 381 g/mol. The zero-order valence-corrected chi connectivity index (χ0v) is 15.0. The van der Waals surface area contributed by atoms with Crippen LogP contribution in [0, 0.1) is 0 Å². The van der Waals surface area contributed by atoms with Crippen LogP contribution in [0.2, 0.25) is 0 Å². The van der Waals surface area contributed by atoms with Gasteiger partial charge in [0.1, 0.15) is 0 Å². The highest BCUT2D eigenvalue weighted by Gasteiger charge is 2.31. The Kier molecular flexibility index (Phi) is 4.68. The van der Waals surface area contributed by atoms with E-state index in [0.29, 0.717) is 28.9 Å². The van der Waals surface area contributed by atoms with Gasteiger partial charge in [-0.1, -0.05) is 36.4 Å². The molecule has 1 amide bonds. The van der Waals surface area contributed by atoms with Crippen LogP contribution in [0.15, 0.2) is 71.7 Å². The summed E-state index contributed by atoms with van der Waals surface area (Å²) in [6.07, 6.45) is -4.09. The molecule has 1 aliphatic rings. The van der Waals surface area contributed by atoms with Crippen molar-refractivity contribution >= 4 is 17.3 Å². The molecule has 1 aliphatic heterocycles. The first-order chi connectivity index (χ1) is 13.9. The molecule has 3 aromatic carbocycles. The SMILES string of the molecule is O=C(NO)c1ccc(C2=Nc3ccc(C(F)(F)F)cc3Cc3ccccc32)cc1. The monoisotopic (exact) mass is 396 g/mol. The molecule has 7 heteroatoms. The molecule has 0 saturated heterocycles. The van der Waals surface area contributed by atoms with Gasteiger partial charge in [-0.05, 0) is 41.5 Å². The fourth-order valence-corrected chi connectivity index (χ4v) is 3.37. The standard InChI is InChI=1S/C22H15F3N2O2/c23-22(24,25)17-9-10-19-16(12-17)11-15-3-1-2-4-18(15)20(26-19)13-5-7-14(8-6-13)21(28)27-29/h1-10,12,29H,11H2,(H,27,28). The van der Waals surface area contributed by atoms with E-state index < -0.39 is 17.6 Å². The zero-order chi connectivity index (χ0) is 20.6. The lowest BCUT2D eigenvalue weighted by Gasteiger charge is -2.10. The van der Waals surface area contributed by atoms with E-state index in [-0.39, 0.29) is 5.56 Å². The van der Waals surface area contributed by atoms with Crippen LogP contribution in [0.3, 0.4) is 0 Å². The van der Waals surface area contributed by atoms with Crippen LogP contribution >= 0.6 is 0 Å². The van der Waals surface area contributed by atoms with Crippen LogP contribution in [0.25, 0.3) is 0 Å². The largest absolute Gasteiger partial charge is 0.416 e. The Labute approximate surface area is 164 Å². The summed E-state index contributed by atoms with van der Waals surface area (Å²) in [4.78, 5) is 16.2. The maximum Gasteiger partial charge on any atom is 0.416 e. The Morgan fingerprint density at radius 3 is 2.38 bits per heavy atom. The van der Waals surface area contributed by atoms with Crippen molar-refractivity contribution in [1.82, 2.24) is 5.48 Å². The van der Waals surface area contributed by atoms with Crippen molar-refractivity contribution in [2.24, 2.45) is 4.99 Å². The van der Waals surface area contributed by atoms with Gasteiger partial charge < -0.3 is 0 Å². The maximum atomic E-state index is 13.1. The Morgan fingerprint density at radius 1 is 0.966 bits per heavy atom. The average molecular weight is 396 g/mol. The van der Waals surface area contributed by atoms with E-state index >= 15 is 0 Å². The number of alkyl halides is 3. The van der Waals surface area contributed by atoms with Crippen LogP contribution in [0.4, 0.5) is 18.9 Å². The molecule has 4 rings (SSSR count). The van der Waals surface area contributed by atoms with Crippen molar-refractivity contribution < 1.29 is 23.2 Å². The third-order valence-corrected chi connectivity index (χ3v) is 4.81. The lowest BCUT2D eigenvalue weighted by atomic mass is 9.94. The van der Waals surface area contributed by atoms with E-state index in [0.717, 1.165) is 23.3 Å². The summed E-state index contributed by atoms with van der Waals surface area (Å²) in [5, 5.41) is 8.76. The summed E-state index contributed by atoms with van der Waals surface area (Å²) in [6, 6.07) is 17.5.